The fraction of sp³-hybridized carbons (Fsp3) is 0.542. The molecular formula is C24H31N2O+. The van der Waals surface area contributed by atoms with E-state index in [0.717, 1.165) is 17.8 Å². The molecule has 3 nitrogen and oxygen atoms in total. The van der Waals surface area contributed by atoms with Crippen LogP contribution in [0, 0.1) is 17.8 Å². The molecule has 1 amide bonds. The summed E-state index contributed by atoms with van der Waals surface area (Å²) >= 11 is 0. The Hall–Kier alpha value is -1.87. The maximum absolute atomic E-state index is 12.7. The van der Waals surface area contributed by atoms with Crippen LogP contribution in [0.2, 0.25) is 0 Å². The van der Waals surface area contributed by atoms with Crippen LogP contribution in [0.15, 0.2) is 42.5 Å². The summed E-state index contributed by atoms with van der Waals surface area (Å²) in [5.74, 6) is 2.98. The van der Waals surface area contributed by atoms with Crippen LogP contribution in [0.3, 0.4) is 0 Å². The Labute approximate surface area is 161 Å². The van der Waals surface area contributed by atoms with Gasteiger partial charge in [-0.15, -0.1) is 0 Å². The van der Waals surface area contributed by atoms with Gasteiger partial charge in [-0.2, -0.15) is 0 Å². The van der Waals surface area contributed by atoms with Crippen molar-refractivity contribution in [3.63, 3.8) is 0 Å². The van der Waals surface area contributed by atoms with E-state index in [9.17, 15) is 4.79 Å². The minimum atomic E-state index is 0.0355. The molecule has 3 heteroatoms. The summed E-state index contributed by atoms with van der Waals surface area (Å²) in [4.78, 5) is 12.7. The molecule has 4 saturated carbocycles. The fourth-order valence-corrected chi connectivity index (χ4v) is 6.74. The van der Waals surface area contributed by atoms with Gasteiger partial charge in [0.15, 0.2) is 6.54 Å². The third kappa shape index (κ3) is 3.27. The second-order valence-corrected chi connectivity index (χ2v) is 9.55. The van der Waals surface area contributed by atoms with E-state index in [2.05, 4.69) is 60.0 Å². The normalized spacial score (nSPS) is 32.6. The van der Waals surface area contributed by atoms with Crippen LogP contribution in [0.4, 0.5) is 0 Å². The number of carbonyl (C=O) groups is 1. The van der Waals surface area contributed by atoms with E-state index in [1.165, 1.54) is 54.9 Å². The predicted octanol–water partition coefficient (Wildman–Crippen LogP) is 3.55. The number of quaternary nitrogens is 1. The lowest BCUT2D eigenvalue weighted by atomic mass is 9.53. The molecule has 2 aromatic rings. The van der Waals surface area contributed by atoms with Gasteiger partial charge < -0.3 is 10.6 Å². The van der Waals surface area contributed by atoms with Gasteiger partial charge in [0.25, 0.3) is 5.91 Å². The van der Waals surface area contributed by atoms with E-state index in [-0.39, 0.29) is 11.9 Å². The Bertz CT molecular complexity index is 818. The number of carbonyl (C=O) groups excluding carboxylic acids is 1. The summed E-state index contributed by atoms with van der Waals surface area (Å²) in [5, 5.41) is 8.12. The third-order valence-corrected chi connectivity index (χ3v) is 7.47. The van der Waals surface area contributed by atoms with Crippen molar-refractivity contribution in [1.82, 2.24) is 5.32 Å². The summed E-state index contributed by atoms with van der Waals surface area (Å²) < 4.78 is 0. The second kappa shape index (κ2) is 6.63. The van der Waals surface area contributed by atoms with Crippen LogP contribution in [0.25, 0.3) is 10.8 Å². The highest BCUT2D eigenvalue weighted by Crippen LogP contribution is 2.54. The van der Waals surface area contributed by atoms with Crippen molar-refractivity contribution in [2.24, 2.45) is 17.8 Å². The highest BCUT2D eigenvalue weighted by molar-refractivity contribution is 5.87. The van der Waals surface area contributed by atoms with Gasteiger partial charge in [0, 0.05) is 19.3 Å². The minimum absolute atomic E-state index is 0.0355. The van der Waals surface area contributed by atoms with Gasteiger partial charge in [-0.3, -0.25) is 4.79 Å². The molecule has 4 aliphatic carbocycles. The summed E-state index contributed by atoms with van der Waals surface area (Å²) in [6.07, 6.45) is 8.38. The zero-order chi connectivity index (χ0) is 18.4. The average molecular weight is 364 g/mol. The fourth-order valence-electron chi connectivity index (χ4n) is 6.74. The molecule has 0 aromatic heterocycles. The molecule has 0 heterocycles. The molecule has 0 saturated heterocycles. The molecule has 0 unspecified atom stereocenters. The van der Waals surface area contributed by atoms with Crippen molar-refractivity contribution in [3.05, 3.63) is 48.0 Å². The smallest absolute Gasteiger partial charge is 0.275 e. The Kier molecular flexibility index (Phi) is 4.23. The molecule has 2 aromatic carbocycles. The monoisotopic (exact) mass is 363 g/mol. The van der Waals surface area contributed by atoms with Gasteiger partial charge in [0.1, 0.15) is 0 Å². The maximum Gasteiger partial charge on any atom is 0.275 e. The minimum Gasteiger partial charge on any atom is -0.345 e. The van der Waals surface area contributed by atoms with Crippen molar-refractivity contribution in [1.29, 1.82) is 0 Å². The molecule has 0 aliphatic heterocycles. The Morgan fingerprint density at radius 2 is 1.67 bits per heavy atom. The largest absolute Gasteiger partial charge is 0.345 e. The van der Waals surface area contributed by atoms with Crippen molar-refractivity contribution < 1.29 is 10.1 Å². The lowest BCUT2D eigenvalue weighted by Gasteiger charge is -2.54. The molecule has 0 radical (unpaired) electrons. The van der Waals surface area contributed by atoms with Crippen molar-refractivity contribution in [2.75, 3.05) is 6.54 Å². The zero-order valence-corrected chi connectivity index (χ0v) is 16.3. The van der Waals surface area contributed by atoms with Crippen molar-refractivity contribution in [2.45, 2.75) is 57.0 Å². The lowest BCUT2D eigenvalue weighted by Crippen LogP contribution is -3.00. The highest BCUT2D eigenvalue weighted by atomic mass is 16.2. The van der Waals surface area contributed by atoms with E-state index < -0.39 is 0 Å². The number of fused-ring (bicyclic) bond motifs is 1. The SMILES string of the molecule is C[C@@H](NC(=O)C[NH2+]C12CC3CC(CC(C3)C1)C2)c1cccc2ccccc12. The number of rotatable bonds is 5. The van der Waals surface area contributed by atoms with Crippen LogP contribution >= 0.6 is 0 Å². The predicted molar refractivity (Wildman–Crippen MR) is 108 cm³/mol. The van der Waals surface area contributed by atoms with E-state index in [0.29, 0.717) is 12.1 Å². The Morgan fingerprint density at radius 3 is 2.37 bits per heavy atom. The Morgan fingerprint density at radius 1 is 1.04 bits per heavy atom. The van der Waals surface area contributed by atoms with Gasteiger partial charge >= 0.3 is 0 Å². The van der Waals surface area contributed by atoms with Gasteiger partial charge in [0.05, 0.1) is 11.6 Å². The maximum atomic E-state index is 12.7. The number of nitrogens with two attached hydrogens (primary N) is 1. The first-order chi connectivity index (χ1) is 13.1. The first kappa shape index (κ1) is 17.2. The molecule has 142 valence electrons. The molecule has 4 bridgehead atoms. The summed E-state index contributed by atoms with van der Waals surface area (Å²) in [6.45, 7) is 2.67. The third-order valence-electron chi connectivity index (χ3n) is 7.47. The van der Waals surface area contributed by atoms with E-state index in [1.807, 2.05) is 0 Å². The van der Waals surface area contributed by atoms with Gasteiger partial charge in [0.2, 0.25) is 0 Å². The van der Waals surface area contributed by atoms with Crippen LogP contribution in [0.1, 0.15) is 57.1 Å². The summed E-state index contributed by atoms with van der Waals surface area (Å²) in [5.41, 5.74) is 1.57. The van der Waals surface area contributed by atoms with Gasteiger partial charge in [-0.1, -0.05) is 42.5 Å². The summed E-state index contributed by atoms with van der Waals surface area (Å²) in [6, 6.07) is 14.8. The summed E-state index contributed by atoms with van der Waals surface area (Å²) in [7, 11) is 0. The van der Waals surface area contributed by atoms with E-state index >= 15 is 0 Å². The molecule has 1 atom stereocenters. The molecular weight excluding hydrogens is 332 g/mol. The highest BCUT2D eigenvalue weighted by Gasteiger charge is 2.53. The molecule has 6 rings (SSSR count). The number of amides is 1. The van der Waals surface area contributed by atoms with Crippen LogP contribution in [-0.4, -0.2) is 18.0 Å². The average Bonchev–Trinajstić information content (AvgIpc) is 2.65. The van der Waals surface area contributed by atoms with Crippen LogP contribution < -0.4 is 10.6 Å². The van der Waals surface area contributed by atoms with E-state index in [1.54, 1.807) is 0 Å². The van der Waals surface area contributed by atoms with Gasteiger partial charge in [-0.05, 0) is 60.3 Å². The second-order valence-electron chi connectivity index (χ2n) is 9.55. The Balaban J connectivity index is 1.23. The number of benzene rings is 2. The number of hydrogen-bond acceptors (Lipinski definition) is 1. The standard InChI is InChI=1S/C24H30N2O/c1-16(21-8-4-6-20-5-2-3-7-22(20)21)26-23(27)15-25-24-12-17-9-18(13-24)11-19(10-17)14-24/h2-8,16-19,25H,9-15H2,1H3,(H,26,27)/p+1/t16-,17?,18?,19?,24?/m1/s1. The molecule has 4 fully saturated rings. The van der Waals surface area contributed by atoms with Crippen molar-refractivity contribution >= 4 is 16.7 Å². The first-order valence-electron chi connectivity index (χ1n) is 10.7. The number of nitrogens with one attached hydrogen (secondary N) is 1. The molecule has 4 aliphatic rings. The van der Waals surface area contributed by atoms with Gasteiger partial charge in [-0.25, -0.2) is 0 Å². The van der Waals surface area contributed by atoms with Crippen LogP contribution in [0.5, 0.6) is 0 Å². The number of hydrogen-bond donors (Lipinski definition) is 2. The lowest BCUT2D eigenvalue weighted by molar-refractivity contribution is -0.730. The van der Waals surface area contributed by atoms with E-state index in [4.69, 9.17) is 0 Å². The first-order valence-corrected chi connectivity index (χ1v) is 10.7. The zero-order valence-electron chi connectivity index (χ0n) is 16.3. The quantitative estimate of drug-likeness (QED) is 0.838. The molecule has 3 N–H and O–H groups in total. The van der Waals surface area contributed by atoms with Crippen molar-refractivity contribution in [3.8, 4) is 0 Å². The van der Waals surface area contributed by atoms with Crippen LogP contribution in [-0.2, 0) is 4.79 Å². The molecule has 0 spiro atoms. The topological polar surface area (TPSA) is 45.7 Å². The molecule has 27 heavy (non-hydrogen) atoms.